The third-order valence-corrected chi connectivity index (χ3v) is 3.47. The van der Waals surface area contributed by atoms with E-state index in [4.69, 9.17) is 4.74 Å². The molecular weight excluding hydrogens is 310 g/mol. The van der Waals surface area contributed by atoms with Gasteiger partial charge in [0.15, 0.2) is 0 Å². The predicted molar refractivity (Wildman–Crippen MR) is 85.2 cm³/mol. The normalized spacial score (nSPS) is 10.6. The molecule has 0 saturated carbocycles. The van der Waals surface area contributed by atoms with Crippen LogP contribution in [-0.2, 0) is 20.6 Å². The summed E-state index contributed by atoms with van der Waals surface area (Å²) in [7, 11) is 5.02. The van der Waals surface area contributed by atoms with Crippen molar-refractivity contribution in [1.82, 2.24) is 34.8 Å². The van der Waals surface area contributed by atoms with Crippen LogP contribution in [0, 0.1) is 0 Å². The van der Waals surface area contributed by atoms with Gasteiger partial charge in [-0.05, 0) is 6.07 Å². The van der Waals surface area contributed by atoms with Gasteiger partial charge in [0.25, 0.3) is 5.91 Å². The first-order valence-corrected chi connectivity index (χ1v) is 7.23. The highest BCUT2D eigenvalue weighted by atomic mass is 16.5. The topological polar surface area (TPSA) is 99.8 Å². The van der Waals surface area contributed by atoms with Crippen LogP contribution in [0.2, 0.25) is 0 Å². The molecule has 0 bridgehead atoms. The van der Waals surface area contributed by atoms with Gasteiger partial charge in [0.2, 0.25) is 5.88 Å². The van der Waals surface area contributed by atoms with Crippen LogP contribution in [0.5, 0.6) is 5.88 Å². The lowest BCUT2D eigenvalue weighted by molar-refractivity contribution is 0.0947. The second-order valence-electron chi connectivity index (χ2n) is 5.14. The van der Waals surface area contributed by atoms with E-state index in [0.717, 1.165) is 5.69 Å². The standard InChI is InChI=1S/C15H17N7O2/c1-21-9-11(15(20-21)24-3)14(23)18-7-10-6-12(19-22(10)2)13-8-16-4-5-17-13/h4-6,8-9H,7H2,1-3H3,(H,18,23). The smallest absolute Gasteiger partial charge is 0.258 e. The Balaban J connectivity index is 1.73. The van der Waals surface area contributed by atoms with Crippen LogP contribution in [0.3, 0.4) is 0 Å². The van der Waals surface area contributed by atoms with Gasteiger partial charge in [0.1, 0.15) is 17.0 Å². The minimum absolute atomic E-state index is 0.262. The molecule has 1 amide bonds. The molecule has 124 valence electrons. The SMILES string of the molecule is COc1nn(C)cc1C(=O)NCc1cc(-c2cnccn2)nn1C. The minimum atomic E-state index is -0.262. The highest BCUT2D eigenvalue weighted by Crippen LogP contribution is 2.16. The summed E-state index contributed by atoms with van der Waals surface area (Å²) in [6.45, 7) is 0.320. The van der Waals surface area contributed by atoms with Crippen molar-refractivity contribution >= 4 is 5.91 Å². The Hall–Kier alpha value is -3.23. The molecule has 9 nitrogen and oxygen atoms in total. The highest BCUT2D eigenvalue weighted by Gasteiger charge is 2.17. The number of carbonyl (C=O) groups is 1. The number of amides is 1. The second kappa shape index (κ2) is 6.49. The van der Waals surface area contributed by atoms with Gasteiger partial charge in [-0.3, -0.25) is 24.1 Å². The largest absolute Gasteiger partial charge is 0.479 e. The molecule has 0 unspecified atom stereocenters. The average Bonchev–Trinajstić information content (AvgIpc) is 3.16. The molecule has 0 atom stereocenters. The van der Waals surface area contributed by atoms with Crippen molar-refractivity contribution in [1.29, 1.82) is 0 Å². The average molecular weight is 327 g/mol. The zero-order chi connectivity index (χ0) is 17.1. The van der Waals surface area contributed by atoms with E-state index in [-0.39, 0.29) is 5.91 Å². The number of nitrogens with zero attached hydrogens (tertiary/aromatic N) is 6. The van der Waals surface area contributed by atoms with Crippen LogP contribution < -0.4 is 10.1 Å². The summed E-state index contributed by atoms with van der Waals surface area (Å²) in [6, 6.07) is 1.87. The van der Waals surface area contributed by atoms with Gasteiger partial charge in [-0.15, -0.1) is 5.10 Å². The Morgan fingerprint density at radius 3 is 2.79 bits per heavy atom. The molecule has 3 heterocycles. The molecule has 0 spiro atoms. The summed E-state index contributed by atoms with van der Waals surface area (Å²) in [6.07, 6.45) is 6.47. The van der Waals surface area contributed by atoms with Gasteiger partial charge >= 0.3 is 0 Å². The first-order valence-electron chi connectivity index (χ1n) is 7.23. The number of aromatic nitrogens is 6. The quantitative estimate of drug-likeness (QED) is 0.734. The number of hydrogen-bond acceptors (Lipinski definition) is 6. The maximum absolute atomic E-state index is 12.3. The Labute approximate surface area is 138 Å². The van der Waals surface area contributed by atoms with E-state index in [1.807, 2.05) is 13.1 Å². The fraction of sp³-hybridized carbons (Fsp3) is 0.267. The molecule has 0 aromatic carbocycles. The number of aryl methyl sites for hydroxylation is 2. The fourth-order valence-electron chi connectivity index (χ4n) is 2.27. The molecule has 0 aliphatic rings. The fourth-order valence-corrected chi connectivity index (χ4v) is 2.27. The third kappa shape index (κ3) is 3.09. The number of rotatable bonds is 5. The van der Waals surface area contributed by atoms with E-state index in [2.05, 4.69) is 25.5 Å². The molecule has 0 aliphatic heterocycles. The maximum atomic E-state index is 12.3. The van der Waals surface area contributed by atoms with Crippen LogP contribution in [-0.4, -0.2) is 42.5 Å². The molecule has 1 N–H and O–H groups in total. The van der Waals surface area contributed by atoms with Crippen molar-refractivity contribution in [3.05, 3.63) is 42.1 Å². The summed E-state index contributed by atoms with van der Waals surface area (Å²) < 4.78 is 8.33. The van der Waals surface area contributed by atoms with Gasteiger partial charge in [0.05, 0.1) is 25.5 Å². The van der Waals surface area contributed by atoms with Crippen LogP contribution >= 0.6 is 0 Å². The van der Waals surface area contributed by atoms with Crippen LogP contribution in [0.25, 0.3) is 11.4 Å². The molecule has 3 aromatic rings. The second-order valence-corrected chi connectivity index (χ2v) is 5.14. The third-order valence-electron chi connectivity index (χ3n) is 3.47. The maximum Gasteiger partial charge on any atom is 0.258 e. The van der Waals surface area contributed by atoms with E-state index in [1.54, 1.807) is 36.5 Å². The van der Waals surface area contributed by atoms with Crippen molar-refractivity contribution in [3.8, 4) is 17.3 Å². The van der Waals surface area contributed by atoms with Crippen molar-refractivity contribution < 1.29 is 9.53 Å². The van der Waals surface area contributed by atoms with Crippen LogP contribution in [0.4, 0.5) is 0 Å². The predicted octanol–water partition coefficient (Wildman–Crippen LogP) is 0.549. The van der Waals surface area contributed by atoms with Gasteiger partial charge in [-0.25, -0.2) is 0 Å². The number of hydrogen-bond donors (Lipinski definition) is 1. The molecule has 3 rings (SSSR count). The zero-order valence-electron chi connectivity index (χ0n) is 13.6. The van der Waals surface area contributed by atoms with Crippen molar-refractivity contribution in [2.75, 3.05) is 7.11 Å². The zero-order valence-corrected chi connectivity index (χ0v) is 13.6. The monoisotopic (exact) mass is 327 g/mol. The number of nitrogens with one attached hydrogen (secondary N) is 1. The lowest BCUT2D eigenvalue weighted by Crippen LogP contribution is -2.24. The van der Waals surface area contributed by atoms with E-state index < -0.39 is 0 Å². The van der Waals surface area contributed by atoms with Gasteiger partial charge < -0.3 is 10.1 Å². The number of ether oxygens (including phenoxy) is 1. The molecule has 9 heteroatoms. The summed E-state index contributed by atoms with van der Waals surface area (Å²) in [5.41, 5.74) is 2.61. The summed E-state index contributed by atoms with van der Waals surface area (Å²) in [4.78, 5) is 20.6. The minimum Gasteiger partial charge on any atom is -0.479 e. The highest BCUT2D eigenvalue weighted by molar-refractivity contribution is 5.96. The Bertz CT molecular complexity index is 854. The molecular formula is C15H17N7O2. The van der Waals surface area contributed by atoms with Crippen molar-refractivity contribution in [3.63, 3.8) is 0 Å². The summed E-state index contributed by atoms with van der Waals surface area (Å²) in [5.74, 6) is 0.0301. The van der Waals surface area contributed by atoms with E-state index in [0.29, 0.717) is 29.4 Å². The lowest BCUT2D eigenvalue weighted by Gasteiger charge is -2.04. The number of carbonyl (C=O) groups excluding carboxylic acids is 1. The van der Waals surface area contributed by atoms with Gasteiger partial charge in [-0.1, -0.05) is 0 Å². The van der Waals surface area contributed by atoms with E-state index in [1.165, 1.54) is 11.8 Å². The van der Waals surface area contributed by atoms with Crippen molar-refractivity contribution in [2.24, 2.45) is 14.1 Å². The first-order chi connectivity index (χ1) is 11.6. The van der Waals surface area contributed by atoms with Gasteiger partial charge in [0, 0.05) is 32.7 Å². The molecule has 0 radical (unpaired) electrons. The molecule has 0 fully saturated rings. The Morgan fingerprint density at radius 1 is 1.25 bits per heavy atom. The number of methoxy groups -OCH3 is 1. The first kappa shape index (κ1) is 15.7. The summed E-state index contributed by atoms with van der Waals surface area (Å²) >= 11 is 0. The van der Waals surface area contributed by atoms with E-state index >= 15 is 0 Å². The summed E-state index contributed by atoms with van der Waals surface area (Å²) in [5, 5.41) is 11.3. The van der Waals surface area contributed by atoms with Crippen LogP contribution in [0.1, 0.15) is 16.1 Å². The molecule has 0 aliphatic carbocycles. The molecule has 24 heavy (non-hydrogen) atoms. The van der Waals surface area contributed by atoms with Crippen LogP contribution in [0.15, 0.2) is 30.9 Å². The van der Waals surface area contributed by atoms with Gasteiger partial charge in [-0.2, -0.15) is 5.10 Å². The molecule has 3 aromatic heterocycles. The Kier molecular flexibility index (Phi) is 4.23. The molecule has 0 saturated heterocycles. The van der Waals surface area contributed by atoms with Crippen molar-refractivity contribution in [2.45, 2.75) is 6.54 Å². The van der Waals surface area contributed by atoms with E-state index in [9.17, 15) is 4.79 Å². The Morgan fingerprint density at radius 2 is 2.08 bits per heavy atom. The lowest BCUT2D eigenvalue weighted by atomic mass is 10.2.